The number of hydrogen-bond donors (Lipinski definition) is 1. The van der Waals surface area contributed by atoms with Crippen molar-refractivity contribution in [2.75, 3.05) is 31.1 Å². The van der Waals surface area contributed by atoms with E-state index in [1.807, 2.05) is 6.07 Å². The topological polar surface area (TPSA) is 52.5 Å². The van der Waals surface area contributed by atoms with Gasteiger partial charge in [-0.25, -0.2) is 0 Å². The molecule has 1 fully saturated rings. The lowest BCUT2D eigenvalue weighted by Crippen LogP contribution is -2.47. The van der Waals surface area contributed by atoms with Crippen molar-refractivity contribution >= 4 is 5.82 Å². The number of nitrogens with zero attached hydrogens (tertiary/aromatic N) is 4. The highest BCUT2D eigenvalue weighted by atomic mass is 19.4. The molecule has 4 rings (SSSR count). The lowest BCUT2D eigenvalue weighted by molar-refractivity contribution is -0.137. The van der Waals surface area contributed by atoms with Gasteiger partial charge in [0.15, 0.2) is 5.82 Å². The van der Waals surface area contributed by atoms with Crippen molar-refractivity contribution < 1.29 is 18.3 Å². The summed E-state index contributed by atoms with van der Waals surface area (Å²) in [4.78, 5) is 4.75. The predicted molar refractivity (Wildman–Crippen MR) is 105 cm³/mol. The molecule has 0 saturated carbocycles. The molecule has 0 radical (unpaired) electrons. The van der Waals surface area contributed by atoms with Crippen LogP contribution in [0.25, 0.3) is 11.3 Å². The molecule has 3 heterocycles. The van der Waals surface area contributed by atoms with Crippen LogP contribution in [-0.2, 0) is 12.6 Å². The number of halogens is 3. The van der Waals surface area contributed by atoms with Gasteiger partial charge >= 0.3 is 6.18 Å². The first-order valence-electron chi connectivity index (χ1n) is 10.0. The molecule has 5 nitrogen and oxygen atoms in total. The van der Waals surface area contributed by atoms with E-state index in [0.717, 1.165) is 69.0 Å². The summed E-state index contributed by atoms with van der Waals surface area (Å²) in [6, 6.07) is 4.06. The van der Waals surface area contributed by atoms with E-state index in [0.29, 0.717) is 22.9 Å². The number of anilines is 1. The summed E-state index contributed by atoms with van der Waals surface area (Å²) in [5.74, 6) is 0.438. The first-order chi connectivity index (χ1) is 13.8. The smallest absolute Gasteiger partial charge is 0.416 e. The Bertz CT molecular complexity index is 892. The SMILES string of the molecule is CCN1CCC[C@@H](N2CCc3cc(-c4c(C)cc(C(F)(F)F)cc4O)nnc32)C1. The molecule has 0 aliphatic carbocycles. The third kappa shape index (κ3) is 3.77. The summed E-state index contributed by atoms with van der Waals surface area (Å²) in [6.45, 7) is 7.77. The third-order valence-electron chi connectivity index (χ3n) is 6.01. The number of phenols is 1. The molecule has 0 amide bonds. The second kappa shape index (κ2) is 7.48. The minimum absolute atomic E-state index is 0.307. The number of alkyl halides is 3. The van der Waals surface area contributed by atoms with Gasteiger partial charge < -0.3 is 14.9 Å². The maximum Gasteiger partial charge on any atom is 0.416 e. The summed E-state index contributed by atoms with van der Waals surface area (Å²) in [6.07, 6.45) is -1.40. The number of hydrogen-bond acceptors (Lipinski definition) is 5. The molecular weight excluding hydrogens is 381 g/mol. The van der Waals surface area contributed by atoms with Gasteiger partial charge in [0.05, 0.1) is 11.3 Å². The van der Waals surface area contributed by atoms with Crippen LogP contribution in [0.3, 0.4) is 0 Å². The maximum absolute atomic E-state index is 13.0. The second-order valence-electron chi connectivity index (χ2n) is 7.90. The maximum atomic E-state index is 13.0. The number of phenolic OH excluding ortho intramolecular Hbond substituents is 1. The molecule has 0 spiro atoms. The minimum atomic E-state index is -4.50. The molecule has 1 aromatic heterocycles. The van der Waals surface area contributed by atoms with E-state index in [9.17, 15) is 18.3 Å². The highest BCUT2D eigenvalue weighted by Crippen LogP contribution is 2.40. The number of likely N-dealkylation sites (tertiary alicyclic amines) is 1. The molecule has 0 bridgehead atoms. The number of likely N-dealkylation sites (N-methyl/N-ethyl adjacent to an activating group) is 1. The molecule has 1 N–H and O–H groups in total. The van der Waals surface area contributed by atoms with Gasteiger partial charge in [0, 0.05) is 30.3 Å². The van der Waals surface area contributed by atoms with Gasteiger partial charge in [-0.05, 0) is 63.0 Å². The van der Waals surface area contributed by atoms with E-state index in [1.54, 1.807) is 6.92 Å². The van der Waals surface area contributed by atoms with E-state index in [1.165, 1.54) is 0 Å². The monoisotopic (exact) mass is 406 g/mol. The molecule has 8 heteroatoms. The Morgan fingerprint density at radius 1 is 1.17 bits per heavy atom. The standard InChI is InChI=1S/C21H25F3N4O/c1-3-27-7-4-5-16(12-27)28-8-6-14-10-17(25-26-20(14)28)19-13(2)9-15(11-18(19)29)21(22,23)24/h9-11,16,29H,3-8,12H2,1-2H3/t16-/m1/s1. The lowest BCUT2D eigenvalue weighted by atomic mass is 9.99. The number of aromatic nitrogens is 2. The van der Waals surface area contributed by atoms with Crippen LogP contribution in [0.5, 0.6) is 5.75 Å². The molecule has 29 heavy (non-hydrogen) atoms. The molecule has 2 aliphatic rings. The summed E-state index contributed by atoms with van der Waals surface area (Å²) in [7, 11) is 0. The van der Waals surface area contributed by atoms with E-state index >= 15 is 0 Å². The summed E-state index contributed by atoms with van der Waals surface area (Å²) >= 11 is 0. The van der Waals surface area contributed by atoms with E-state index in [4.69, 9.17) is 0 Å². The number of aromatic hydroxyl groups is 1. The average Bonchev–Trinajstić information content (AvgIpc) is 3.10. The third-order valence-corrected chi connectivity index (χ3v) is 6.01. The first kappa shape index (κ1) is 19.9. The zero-order valence-corrected chi connectivity index (χ0v) is 16.6. The number of rotatable bonds is 3. The average molecular weight is 406 g/mol. The lowest BCUT2D eigenvalue weighted by Gasteiger charge is -2.37. The van der Waals surface area contributed by atoms with E-state index in [-0.39, 0.29) is 0 Å². The molecule has 2 aliphatic heterocycles. The van der Waals surface area contributed by atoms with Gasteiger partial charge in [0.2, 0.25) is 0 Å². The quantitative estimate of drug-likeness (QED) is 0.834. The van der Waals surface area contributed by atoms with Crippen molar-refractivity contribution in [1.29, 1.82) is 0 Å². The molecule has 2 aromatic rings. The fourth-order valence-electron chi connectivity index (χ4n) is 4.51. The summed E-state index contributed by atoms with van der Waals surface area (Å²) in [5, 5.41) is 19.0. The predicted octanol–water partition coefficient (Wildman–Crippen LogP) is 4.02. The Morgan fingerprint density at radius 3 is 2.66 bits per heavy atom. The Hall–Kier alpha value is -2.35. The number of aryl methyl sites for hydroxylation is 1. The Morgan fingerprint density at radius 2 is 1.97 bits per heavy atom. The largest absolute Gasteiger partial charge is 0.507 e. The summed E-state index contributed by atoms with van der Waals surface area (Å²) < 4.78 is 39.0. The number of benzene rings is 1. The van der Waals surface area contributed by atoms with Gasteiger partial charge in [0.25, 0.3) is 0 Å². The highest BCUT2D eigenvalue weighted by Gasteiger charge is 2.33. The van der Waals surface area contributed by atoms with E-state index in [2.05, 4.69) is 26.9 Å². The first-order valence-corrected chi connectivity index (χ1v) is 10.0. The zero-order chi connectivity index (χ0) is 20.8. The molecule has 1 aromatic carbocycles. The molecule has 0 unspecified atom stereocenters. The fraction of sp³-hybridized carbons (Fsp3) is 0.524. The van der Waals surface area contributed by atoms with Crippen molar-refractivity contribution in [2.45, 2.75) is 45.3 Å². The van der Waals surface area contributed by atoms with Gasteiger partial charge in [0.1, 0.15) is 5.75 Å². The van der Waals surface area contributed by atoms with E-state index < -0.39 is 17.5 Å². The Labute approximate surface area is 168 Å². The van der Waals surface area contributed by atoms with Gasteiger partial charge in [-0.2, -0.15) is 13.2 Å². The Kier molecular flexibility index (Phi) is 5.14. The Balaban J connectivity index is 1.63. The second-order valence-corrected chi connectivity index (χ2v) is 7.90. The van der Waals surface area contributed by atoms with Crippen molar-refractivity contribution in [3.05, 3.63) is 34.9 Å². The summed E-state index contributed by atoms with van der Waals surface area (Å²) in [5.41, 5.74) is 1.21. The molecule has 156 valence electrons. The van der Waals surface area contributed by atoms with Crippen LogP contribution in [-0.4, -0.2) is 52.4 Å². The van der Waals surface area contributed by atoms with Crippen molar-refractivity contribution in [1.82, 2.24) is 15.1 Å². The van der Waals surface area contributed by atoms with Gasteiger partial charge in [-0.3, -0.25) is 0 Å². The number of piperidine rings is 1. The van der Waals surface area contributed by atoms with Crippen molar-refractivity contribution in [2.24, 2.45) is 0 Å². The van der Waals surface area contributed by atoms with Crippen molar-refractivity contribution in [3.63, 3.8) is 0 Å². The number of fused-ring (bicyclic) bond motifs is 1. The highest BCUT2D eigenvalue weighted by molar-refractivity contribution is 5.73. The van der Waals surface area contributed by atoms with Gasteiger partial charge in [-0.1, -0.05) is 6.92 Å². The molecular formula is C21H25F3N4O. The minimum Gasteiger partial charge on any atom is -0.507 e. The molecule has 1 saturated heterocycles. The van der Waals surface area contributed by atoms with Crippen LogP contribution < -0.4 is 4.90 Å². The van der Waals surface area contributed by atoms with Crippen LogP contribution in [0.15, 0.2) is 18.2 Å². The normalized spacial score (nSPS) is 20.2. The fourth-order valence-corrected chi connectivity index (χ4v) is 4.51. The zero-order valence-electron chi connectivity index (χ0n) is 16.6. The molecule has 1 atom stereocenters. The van der Waals surface area contributed by atoms with Crippen LogP contribution in [0.2, 0.25) is 0 Å². The van der Waals surface area contributed by atoms with Crippen LogP contribution >= 0.6 is 0 Å². The van der Waals surface area contributed by atoms with Crippen molar-refractivity contribution in [3.8, 4) is 17.0 Å². The van der Waals surface area contributed by atoms with Gasteiger partial charge in [-0.15, -0.1) is 10.2 Å². The van der Waals surface area contributed by atoms with Crippen LogP contribution in [0, 0.1) is 6.92 Å². The van der Waals surface area contributed by atoms with Crippen LogP contribution in [0.4, 0.5) is 19.0 Å². The van der Waals surface area contributed by atoms with Crippen LogP contribution in [0.1, 0.15) is 36.5 Å².